The standard InChI is InChI=1S/C23H23N5O4/c1-4-12-31-22(29)20-15(2)24-23-25-26-27-28(23)21(20)17-10-11-18(19(13-17)30-3)32-14-16-8-6-5-7-9-16/h4-11,13,21H,1,12,14H2,2-3H3,(H,24,25,27). The quantitative estimate of drug-likeness (QED) is 0.427. The van der Waals surface area contributed by atoms with Gasteiger partial charge in [0.25, 0.3) is 0 Å². The minimum atomic E-state index is -0.601. The predicted molar refractivity (Wildman–Crippen MR) is 117 cm³/mol. The Morgan fingerprint density at radius 1 is 1.22 bits per heavy atom. The van der Waals surface area contributed by atoms with Gasteiger partial charge in [0.15, 0.2) is 11.5 Å². The van der Waals surface area contributed by atoms with Gasteiger partial charge in [-0.1, -0.05) is 54.2 Å². The number of allylic oxidation sites excluding steroid dienone is 1. The number of methoxy groups -OCH3 is 1. The van der Waals surface area contributed by atoms with Crippen molar-refractivity contribution in [1.29, 1.82) is 0 Å². The van der Waals surface area contributed by atoms with Crippen LogP contribution >= 0.6 is 0 Å². The van der Waals surface area contributed by atoms with Crippen LogP contribution < -0.4 is 14.8 Å². The highest BCUT2D eigenvalue weighted by atomic mass is 16.5. The Bertz CT molecular complexity index is 1160. The highest BCUT2D eigenvalue weighted by Crippen LogP contribution is 2.38. The number of fused-ring (bicyclic) bond motifs is 1. The number of rotatable bonds is 8. The summed E-state index contributed by atoms with van der Waals surface area (Å²) in [7, 11) is 1.57. The lowest BCUT2D eigenvalue weighted by atomic mass is 9.95. The summed E-state index contributed by atoms with van der Waals surface area (Å²) in [6, 6.07) is 14.7. The van der Waals surface area contributed by atoms with E-state index in [1.165, 1.54) is 10.8 Å². The fourth-order valence-electron chi connectivity index (χ4n) is 3.51. The molecule has 0 radical (unpaired) electrons. The van der Waals surface area contributed by atoms with Crippen LogP contribution in [0.3, 0.4) is 0 Å². The summed E-state index contributed by atoms with van der Waals surface area (Å²) in [6.45, 7) is 5.88. The van der Waals surface area contributed by atoms with Crippen LogP contribution in [0.2, 0.25) is 0 Å². The van der Waals surface area contributed by atoms with Crippen LogP contribution in [0.15, 0.2) is 72.5 Å². The van der Waals surface area contributed by atoms with E-state index < -0.39 is 12.0 Å². The molecule has 2 heterocycles. The molecule has 0 aliphatic carbocycles. The first-order valence-corrected chi connectivity index (χ1v) is 10.0. The van der Waals surface area contributed by atoms with Crippen LogP contribution in [-0.4, -0.2) is 39.9 Å². The number of carbonyl (C=O) groups is 1. The summed E-state index contributed by atoms with van der Waals surface area (Å²) >= 11 is 0. The molecule has 1 atom stereocenters. The largest absolute Gasteiger partial charge is 0.493 e. The molecule has 1 unspecified atom stereocenters. The van der Waals surface area contributed by atoms with Crippen LogP contribution in [0, 0.1) is 0 Å². The average Bonchev–Trinajstić information content (AvgIpc) is 3.29. The normalized spacial score (nSPS) is 14.9. The van der Waals surface area contributed by atoms with Crippen molar-refractivity contribution in [2.24, 2.45) is 0 Å². The molecule has 9 heteroatoms. The van der Waals surface area contributed by atoms with E-state index in [1.54, 1.807) is 14.0 Å². The zero-order valence-corrected chi connectivity index (χ0v) is 17.8. The second-order valence-electron chi connectivity index (χ2n) is 7.08. The molecule has 32 heavy (non-hydrogen) atoms. The van der Waals surface area contributed by atoms with Crippen LogP contribution in [0.5, 0.6) is 11.5 Å². The molecule has 1 aromatic heterocycles. The van der Waals surface area contributed by atoms with Gasteiger partial charge in [0.05, 0.1) is 12.7 Å². The van der Waals surface area contributed by atoms with E-state index in [-0.39, 0.29) is 6.61 Å². The molecule has 1 aliphatic heterocycles. The summed E-state index contributed by atoms with van der Waals surface area (Å²) in [5.74, 6) is 1.06. The first-order chi connectivity index (χ1) is 15.6. The number of esters is 1. The molecule has 9 nitrogen and oxygen atoms in total. The van der Waals surface area contributed by atoms with E-state index in [1.807, 2.05) is 48.5 Å². The first-order valence-electron chi connectivity index (χ1n) is 10.0. The molecule has 2 aromatic carbocycles. The van der Waals surface area contributed by atoms with Gasteiger partial charge < -0.3 is 19.5 Å². The van der Waals surface area contributed by atoms with Crippen molar-refractivity contribution in [3.63, 3.8) is 0 Å². The van der Waals surface area contributed by atoms with Gasteiger partial charge in [-0.3, -0.25) is 0 Å². The number of hydrogen-bond acceptors (Lipinski definition) is 8. The smallest absolute Gasteiger partial charge is 0.338 e. The summed E-state index contributed by atoms with van der Waals surface area (Å²) in [4.78, 5) is 12.9. The maximum atomic E-state index is 12.9. The minimum Gasteiger partial charge on any atom is -0.493 e. The molecule has 4 rings (SSSR count). The number of carbonyl (C=O) groups excluding carboxylic acids is 1. The second-order valence-corrected chi connectivity index (χ2v) is 7.08. The third-order valence-electron chi connectivity index (χ3n) is 5.01. The second kappa shape index (κ2) is 9.34. The van der Waals surface area contributed by atoms with E-state index in [0.29, 0.717) is 35.3 Å². The van der Waals surface area contributed by atoms with Gasteiger partial charge in [-0.25, -0.2) is 4.79 Å². The maximum absolute atomic E-state index is 12.9. The summed E-state index contributed by atoms with van der Waals surface area (Å²) in [6.07, 6.45) is 1.52. The lowest BCUT2D eigenvalue weighted by Gasteiger charge is -2.27. The average molecular weight is 433 g/mol. The van der Waals surface area contributed by atoms with Crippen molar-refractivity contribution < 1.29 is 19.0 Å². The van der Waals surface area contributed by atoms with E-state index in [2.05, 4.69) is 27.4 Å². The molecular formula is C23H23N5O4. The van der Waals surface area contributed by atoms with Crippen molar-refractivity contribution in [2.75, 3.05) is 19.0 Å². The molecule has 0 saturated heterocycles. The molecular weight excluding hydrogens is 410 g/mol. The van der Waals surface area contributed by atoms with E-state index in [9.17, 15) is 4.79 Å². The highest BCUT2D eigenvalue weighted by molar-refractivity contribution is 5.92. The zero-order chi connectivity index (χ0) is 22.5. The third kappa shape index (κ3) is 4.18. The Labute approximate surface area is 185 Å². The lowest BCUT2D eigenvalue weighted by molar-refractivity contribution is -0.138. The number of ether oxygens (including phenoxy) is 3. The first kappa shape index (κ1) is 21.1. The Morgan fingerprint density at radius 2 is 2.03 bits per heavy atom. The number of aromatic nitrogens is 4. The molecule has 0 spiro atoms. The van der Waals surface area contributed by atoms with Crippen molar-refractivity contribution in [2.45, 2.75) is 19.6 Å². The lowest BCUT2D eigenvalue weighted by Crippen LogP contribution is -2.29. The van der Waals surface area contributed by atoms with Crippen LogP contribution in [-0.2, 0) is 16.1 Å². The topological polar surface area (TPSA) is 100 Å². The van der Waals surface area contributed by atoms with E-state index in [0.717, 1.165) is 11.1 Å². The Morgan fingerprint density at radius 3 is 2.78 bits per heavy atom. The monoisotopic (exact) mass is 433 g/mol. The number of benzene rings is 2. The molecule has 3 aromatic rings. The van der Waals surface area contributed by atoms with Gasteiger partial charge >= 0.3 is 5.97 Å². The number of nitrogens with zero attached hydrogens (tertiary/aromatic N) is 4. The van der Waals surface area contributed by atoms with E-state index in [4.69, 9.17) is 14.2 Å². The van der Waals surface area contributed by atoms with Crippen molar-refractivity contribution in [1.82, 2.24) is 20.2 Å². The third-order valence-corrected chi connectivity index (χ3v) is 5.01. The highest BCUT2D eigenvalue weighted by Gasteiger charge is 2.35. The summed E-state index contributed by atoms with van der Waals surface area (Å²) in [5.41, 5.74) is 2.79. The van der Waals surface area contributed by atoms with Gasteiger partial charge in [0.2, 0.25) is 5.95 Å². The number of hydrogen-bond donors (Lipinski definition) is 1. The van der Waals surface area contributed by atoms with Crippen molar-refractivity contribution in [3.05, 3.63) is 83.6 Å². The number of anilines is 1. The van der Waals surface area contributed by atoms with Gasteiger partial charge in [0.1, 0.15) is 19.3 Å². The molecule has 1 aliphatic rings. The van der Waals surface area contributed by atoms with Crippen LogP contribution in [0.25, 0.3) is 0 Å². The van der Waals surface area contributed by atoms with Crippen molar-refractivity contribution >= 4 is 11.9 Å². The minimum absolute atomic E-state index is 0.0976. The fraction of sp³-hybridized carbons (Fsp3) is 0.217. The molecule has 0 bridgehead atoms. The number of tetrazole rings is 1. The Balaban J connectivity index is 1.68. The van der Waals surface area contributed by atoms with Crippen molar-refractivity contribution in [3.8, 4) is 11.5 Å². The van der Waals surface area contributed by atoms with Crippen LogP contribution in [0.4, 0.5) is 5.95 Å². The zero-order valence-electron chi connectivity index (χ0n) is 17.8. The van der Waals surface area contributed by atoms with Crippen LogP contribution in [0.1, 0.15) is 24.1 Å². The molecule has 0 fully saturated rings. The van der Waals surface area contributed by atoms with Gasteiger partial charge in [-0.15, -0.1) is 0 Å². The SMILES string of the molecule is C=CCOC(=O)C1=C(C)Nc2nnnn2C1c1ccc(OCc2ccccc2)c(OC)c1. The van der Waals surface area contributed by atoms with Gasteiger partial charge in [0, 0.05) is 5.70 Å². The maximum Gasteiger partial charge on any atom is 0.338 e. The van der Waals surface area contributed by atoms with Gasteiger partial charge in [-0.2, -0.15) is 4.68 Å². The predicted octanol–water partition coefficient (Wildman–Crippen LogP) is 3.28. The summed E-state index contributed by atoms with van der Waals surface area (Å²) < 4.78 is 18.4. The fourth-order valence-corrected chi connectivity index (χ4v) is 3.51. The van der Waals surface area contributed by atoms with E-state index >= 15 is 0 Å². The van der Waals surface area contributed by atoms with Gasteiger partial charge in [-0.05, 0) is 40.6 Å². The Hall–Kier alpha value is -4.14. The molecule has 0 amide bonds. The molecule has 164 valence electrons. The Kier molecular flexibility index (Phi) is 6.16. The number of nitrogens with one attached hydrogen (secondary N) is 1. The summed E-state index contributed by atoms with van der Waals surface area (Å²) in [5, 5.41) is 14.9. The molecule has 1 N–H and O–H groups in total. The molecule has 0 saturated carbocycles.